The molecular formula is C15H18N2O3. The molecule has 1 aromatic rings. The Morgan fingerprint density at radius 3 is 2.55 bits per heavy atom. The molecule has 1 aliphatic carbocycles. The maximum Gasteiger partial charge on any atom is 0.328 e. The largest absolute Gasteiger partial charge is 0.478 e. The number of amides is 2. The fraction of sp³-hybridized carbons (Fsp3) is 0.333. The van der Waals surface area contributed by atoms with Crippen molar-refractivity contribution in [3.05, 3.63) is 35.9 Å². The van der Waals surface area contributed by atoms with Gasteiger partial charge in [0, 0.05) is 18.3 Å². The van der Waals surface area contributed by atoms with E-state index in [1.807, 2.05) is 0 Å². The van der Waals surface area contributed by atoms with E-state index in [-0.39, 0.29) is 6.03 Å². The summed E-state index contributed by atoms with van der Waals surface area (Å²) in [6, 6.07) is 6.76. The summed E-state index contributed by atoms with van der Waals surface area (Å²) in [7, 11) is 0. The number of nitrogens with one attached hydrogen (secondary N) is 2. The van der Waals surface area contributed by atoms with Crippen molar-refractivity contribution < 1.29 is 14.7 Å². The van der Waals surface area contributed by atoms with E-state index in [2.05, 4.69) is 17.6 Å². The van der Waals surface area contributed by atoms with E-state index in [4.69, 9.17) is 5.11 Å². The molecular weight excluding hydrogens is 256 g/mol. The van der Waals surface area contributed by atoms with E-state index in [0.717, 1.165) is 17.6 Å². The Kier molecular flexibility index (Phi) is 4.40. The van der Waals surface area contributed by atoms with Crippen LogP contribution in [0.4, 0.5) is 10.5 Å². The number of aliphatic carboxylic acids is 1. The normalized spacial score (nSPS) is 20.6. The molecule has 106 valence electrons. The SMILES string of the molecule is CC1CC1CNC(=O)Nc1ccc(/C=C/C(=O)O)cc1. The second-order valence-corrected chi connectivity index (χ2v) is 5.10. The van der Waals surface area contributed by atoms with Crippen LogP contribution in [0, 0.1) is 11.8 Å². The third-order valence-electron chi connectivity index (χ3n) is 3.39. The molecule has 2 unspecified atom stereocenters. The minimum Gasteiger partial charge on any atom is -0.478 e. The first kappa shape index (κ1) is 14.1. The van der Waals surface area contributed by atoms with Crippen molar-refractivity contribution in [1.29, 1.82) is 0 Å². The second kappa shape index (κ2) is 6.23. The van der Waals surface area contributed by atoms with Crippen LogP contribution in [0.2, 0.25) is 0 Å². The fourth-order valence-electron chi connectivity index (χ4n) is 1.93. The number of carboxylic acid groups (broad SMARTS) is 1. The van der Waals surface area contributed by atoms with Crippen molar-refractivity contribution in [3.8, 4) is 0 Å². The van der Waals surface area contributed by atoms with Gasteiger partial charge >= 0.3 is 12.0 Å². The van der Waals surface area contributed by atoms with Crippen LogP contribution < -0.4 is 10.6 Å². The molecule has 0 aromatic heterocycles. The van der Waals surface area contributed by atoms with Crippen molar-refractivity contribution in [2.24, 2.45) is 11.8 Å². The highest BCUT2D eigenvalue weighted by Gasteiger charge is 2.32. The van der Waals surface area contributed by atoms with Gasteiger partial charge in [-0.05, 0) is 42.0 Å². The van der Waals surface area contributed by atoms with Gasteiger partial charge < -0.3 is 15.7 Å². The zero-order valence-corrected chi connectivity index (χ0v) is 11.3. The lowest BCUT2D eigenvalue weighted by molar-refractivity contribution is -0.131. The standard InChI is InChI=1S/C15H18N2O3/c1-10-8-12(10)9-16-15(20)17-13-5-2-11(3-6-13)4-7-14(18)19/h2-7,10,12H,8-9H2,1H3,(H,18,19)(H2,16,17,20)/b7-4+. The average Bonchev–Trinajstić information content (AvgIpc) is 3.11. The van der Waals surface area contributed by atoms with E-state index in [1.165, 1.54) is 12.5 Å². The summed E-state index contributed by atoms with van der Waals surface area (Å²) in [6.07, 6.45) is 3.76. The number of urea groups is 1. The third kappa shape index (κ3) is 4.42. The predicted molar refractivity (Wildman–Crippen MR) is 77.4 cm³/mol. The molecule has 2 rings (SSSR count). The highest BCUT2D eigenvalue weighted by molar-refractivity contribution is 5.89. The van der Waals surface area contributed by atoms with Gasteiger partial charge in [0.2, 0.25) is 0 Å². The van der Waals surface area contributed by atoms with Gasteiger partial charge in [0.05, 0.1) is 0 Å². The lowest BCUT2D eigenvalue weighted by Crippen LogP contribution is -2.30. The Balaban J connectivity index is 1.80. The summed E-state index contributed by atoms with van der Waals surface area (Å²) < 4.78 is 0. The smallest absolute Gasteiger partial charge is 0.328 e. The molecule has 1 saturated carbocycles. The Morgan fingerprint density at radius 1 is 1.35 bits per heavy atom. The number of hydrogen-bond acceptors (Lipinski definition) is 2. The van der Waals surface area contributed by atoms with Crippen LogP contribution in [-0.2, 0) is 4.79 Å². The fourth-order valence-corrected chi connectivity index (χ4v) is 1.93. The van der Waals surface area contributed by atoms with Crippen LogP contribution in [0.25, 0.3) is 6.08 Å². The quantitative estimate of drug-likeness (QED) is 0.722. The van der Waals surface area contributed by atoms with Crippen LogP contribution in [-0.4, -0.2) is 23.7 Å². The molecule has 1 aliphatic rings. The number of anilines is 1. The molecule has 3 N–H and O–H groups in total. The Hall–Kier alpha value is -2.30. The molecule has 0 spiro atoms. The summed E-state index contributed by atoms with van der Waals surface area (Å²) >= 11 is 0. The number of carbonyl (C=O) groups excluding carboxylic acids is 1. The van der Waals surface area contributed by atoms with Crippen molar-refractivity contribution in [3.63, 3.8) is 0 Å². The van der Waals surface area contributed by atoms with Gasteiger partial charge in [0.25, 0.3) is 0 Å². The van der Waals surface area contributed by atoms with Crippen LogP contribution in [0.1, 0.15) is 18.9 Å². The molecule has 5 heteroatoms. The van der Waals surface area contributed by atoms with Crippen LogP contribution in [0.5, 0.6) is 0 Å². The van der Waals surface area contributed by atoms with E-state index < -0.39 is 5.97 Å². The summed E-state index contributed by atoms with van der Waals surface area (Å²) in [5, 5.41) is 14.1. The van der Waals surface area contributed by atoms with Gasteiger partial charge in [0.1, 0.15) is 0 Å². The molecule has 20 heavy (non-hydrogen) atoms. The van der Waals surface area contributed by atoms with Gasteiger partial charge in [-0.25, -0.2) is 9.59 Å². The minimum atomic E-state index is -0.985. The van der Waals surface area contributed by atoms with Gasteiger partial charge in [-0.1, -0.05) is 19.1 Å². The number of carboxylic acids is 1. The number of carbonyl (C=O) groups is 2. The highest BCUT2D eigenvalue weighted by Crippen LogP contribution is 2.36. The van der Waals surface area contributed by atoms with Gasteiger partial charge in [-0.2, -0.15) is 0 Å². The molecule has 1 aromatic carbocycles. The molecule has 0 heterocycles. The zero-order chi connectivity index (χ0) is 14.5. The van der Waals surface area contributed by atoms with E-state index in [1.54, 1.807) is 24.3 Å². The molecule has 0 saturated heterocycles. The van der Waals surface area contributed by atoms with Crippen molar-refractivity contribution >= 4 is 23.8 Å². The van der Waals surface area contributed by atoms with Crippen molar-refractivity contribution in [2.75, 3.05) is 11.9 Å². The lowest BCUT2D eigenvalue weighted by atomic mass is 10.2. The third-order valence-corrected chi connectivity index (χ3v) is 3.39. The van der Waals surface area contributed by atoms with Gasteiger partial charge in [-0.3, -0.25) is 0 Å². The number of rotatable bonds is 5. The number of hydrogen-bond donors (Lipinski definition) is 3. The summed E-state index contributed by atoms with van der Waals surface area (Å²) in [6.45, 7) is 2.89. The topological polar surface area (TPSA) is 78.4 Å². The summed E-state index contributed by atoms with van der Waals surface area (Å²) in [5.41, 5.74) is 1.45. The average molecular weight is 274 g/mol. The maximum atomic E-state index is 11.6. The van der Waals surface area contributed by atoms with Crippen LogP contribution in [0.3, 0.4) is 0 Å². The van der Waals surface area contributed by atoms with Crippen molar-refractivity contribution in [1.82, 2.24) is 5.32 Å². The van der Waals surface area contributed by atoms with E-state index in [0.29, 0.717) is 18.2 Å². The summed E-state index contributed by atoms with van der Waals surface area (Å²) in [4.78, 5) is 22.0. The maximum absolute atomic E-state index is 11.6. The number of benzene rings is 1. The Bertz CT molecular complexity index is 522. The predicted octanol–water partition coefficient (Wildman–Crippen LogP) is 2.56. The second-order valence-electron chi connectivity index (χ2n) is 5.10. The molecule has 0 bridgehead atoms. The highest BCUT2D eigenvalue weighted by atomic mass is 16.4. The Morgan fingerprint density at radius 2 is 2.00 bits per heavy atom. The lowest BCUT2D eigenvalue weighted by Gasteiger charge is -2.07. The molecule has 0 radical (unpaired) electrons. The van der Waals surface area contributed by atoms with Crippen LogP contribution in [0.15, 0.2) is 30.3 Å². The first-order chi connectivity index (χ1) is 9.54. The van der Waals surface area contributed by atoms with Crippen molar-refractivity contribution in [2.45, 2.75) is 13.3 Å². The minimum absolute atomic E-state index is 0.210. The van der Waals surface area contributed by atoms with Gasteiger partial charge in [0.15, 0.2) is 0 Å². The summed E-state index contributed by atoms with van der Waals surface area (Å²) in [5.74, 6) is 0.348. The first-order valence-electron chi connectivity index (χ1n) is 6.60. The molecule has 5 nitrogen and oxygen atoms in total. The van der Waals surface area contributed by atoms with E-state index in [9.17, 15) is 9.59 Å². The molecule has 0 aliphatic heterocycles. The molecule has 1 fully saturated rings. The first-order valence-corrected chi connectivity index (χ1v) is 6.60. The Labute approximate surface area is 117 Å². The monoisotopic (exact) mass is 274 g/mol. The van der Waals surface area contributed by atoms with Crippen LogP contribution >= 0.6 is 0 Å². The van der Waals surface area contributed by atoms with Gasteiger partial charge in [-0.15, -0.1) is 0 Å². The van der Waals surface area contributed by atoms with E-state index >= 15 is 0 Å². The molecule has 2 atom stereocenters. The zero-order valence-electron chi connectivity index (χ0n) is 11.3. The molecule has 2 amide bonds.